The zero-order valence-electron chi connectivity index (χ0n) is 11.8. The van der Waals surface area contributed by atoms with E-state index in [4.69, 9.17) is 4.74 Å². The third kappa shape index (κ3) is 4.64. The summed E-state index contributed by atoms with van der Waals surface area (Å²) in [5.74, 6) is -0.794. The standard InChI is InChI=1S/C14H19NO5/c1-14(18,9-19-2)8-15-12(16)10-4-6-11(7-5-10)13(17)20-3/h4-7,18H,8-9H2,1-3H3,(H,15,16)/t14-/m0/s1. The number of carbonyl (C=O) groups is 2. The van der Waals surface area contributed by atoms with Gasteiger partial charge in [0.1, 0.15) is 5.60 Å². The van der Waals surface area contributed by atoms with Crippen LogP contribution in [0.4, 0.5) is 0 Å². The van der Waals surface area contributed by atoms with Gasteiger partial charge < -0.3 is 19.9 Å². The van der Waals surface area contributed by atoms with Crippen molar-refractivity contribution in [3.8, 4) is 0 Å². The summed E-state index contributed by atoms with van der Waals surface area (Å²) in [4.78, 5) is 23.1. The minimum Gasteiger partial charge on any atom is -0.465 e. The van der Waals surface area contributed by atoms with E-state index in [0.717, 1.165) is 0 Å². The largest absolute Gasteiger partial charge is 0.465 e. The number of ether oxygens (including phenoxy) is 2. The molecule has 1 atom stereocenters. The van der Waals surface area contributed by atoms with Crippen molar-refractivity contribution in [3.05, 3.63) is 35.4 Å². The van der Waals surface area contributed by atoms with Gasteiger partial charge in [-0.05, 0) is 31.2 Å². The van der Waals surface area contributed by atoms with Crippen LogP contribution in [0.25, 0.3) is 0 Å². The van der Waals surface area contributed by atoms with E-state index >= 15 is 0 Å². The molecule has 1 aromatic rings. The van der Waals surface area contributed by atoms with E-state index in [1.54, 1.807) is 6.92 Å². The Hall–Kier alpha value is -1.92. The minimum atomic E-state index is -1.13. The van der Waals surface area contributed by atoms with Crippen LogP contribution in [0.5, 0.6) is 0 Å². The van der Waals surface area contributed by atoms with Crippen LogP contribution in [-0.2, 0) is 9.47 Å². The van der Waals surface area contributed by atoms with Crippen molar-refractivity contribution in [2.75, 3.05) is 27.4 Å². The van der Waals surface area contributed by atoms with E-state index in [-0.39, 0.29) is 19.1 Å². The lowest BCUT2D eigenvalue weighted by Gasteiger charge is -2.22. The van der Waals surface area contributed by atoms with Gasteiger partial charge >= 0.3 is 5.97 Å². The number of nitrogens with one attached hydrogen (secondary N) is 1. The molecular formula is C14H19NO5. The Morgan fingerprint density at radius 2 is 1.75 bits per heavy atom. The Morgan fingerprint density at radius 3 is 2.25 bits per heavy atom. The van der Waals surface area contributed by atoms with E-state index in [9.17, 15) is 14.7 Å². The SMILES string of the molecule is COC[C@@](C)(O)CNC(=O)c1ccc(C(=O)OC)cc1. The highest BCUT2D eigenvalue weighted by Crippen LogP contribution is 2.07. The lowest BCUT2D eigenvalue weighted by atomic mass is 10.1. The number of hydrogen-bond acceptors (Lipinski definition) is 5. The second-order valence-corrected chi connectivity index (χ2v) is 4.68. The second-order valence-electron chi connectivity index (χ2n) is 4.68. The Balaban J connectivity index is 2.62. The summed E-state index contributed by atoms with van der Waals surface area (Å²) < 4.78 is 9.42. The van der Waals surface area contributed by atoms with Gasteiger partial charge in [-0.3, -0.25) is 4.79 Å². The molecule has 20 heavy (non-hydrogen) atoms. The fourth-order valence-electron chi connectivity index (χ4n) is 1.61. The zero-order chi connectivity index (χ0) is 15.2. The predicted molar refractivity (Wildman–Crippen MR) is 72.6 cm³/mol. The molecular weight excluding hydrogens is 262 g/mol. The quantitative estimate of drug-likeness (QED) is 0.746. The van der Waals surface area contributed by atoms with Gasteiger partial charge in [0.15, 0.2) is 0 Å². The van der Waals surface area contributed by atoms with Crippen molar-refractivity contribution in [3.63, 3.8) is 0 Å². The van der Waals surface area contributed by atoms with Crippen LogP contribution < -0.4 is 5.32 Å². The molecule has 0 aliphatic heterocycles. The fraction of sp³-hybridized carbons (Fsp3) is 0.429. The van der Waals surface area contributed by atoms with Crippen LogP contribution in [-0.4, -0.2) is 50.0 Å². The first kappa shape index (κ1) is 16.1. The van der Waals surface area contributed by atoms with Gasteiger partial charge in [-0.25, -0.2) is 4.79 Å². The van der Waals surface area contributed by atoms with Crippen molar-refractivity contribution >= 4 is 11.9 Å². The van der Waals surface area contributed by atoms with Gasteiger partial charge in [-0.2, -0.15) is 0 Å². The third-order valence-electron chi connectivity index (χ3n) is 2.65. The van der Waals surface area contributed by atoms with Gasteiger partial charge in [0.05, 0.1) is 19.3 Å². The summed E-state index contributed by atoms with van der Waals surface area (Å²) in [6.07, 6.45) is 0. The highest BCUT2D eigenvalue weighted by atomic mass is 16.5. The number of aliphatic hydroxyl groups is 1. The van der Waals surface area contributed by atoms with E-state index in [1.807, 2.05) is 0 Å². The Kier molecular flexibility index (Phi) is 5.66. The van der Waals surface area contributed by atoms with E-state index in [1.165, 1.54) is 38.5 Å². The van der Waals surface area contributed by atoms with Crippen LogP contribution in [0.15, 0.2) is 24.3 Å². The van der Waals surface area contributed by atoms with Crippen molar-refractivity contribution in [2.45, 2.75) is 12.5 Å². The molecule has 0 bridgehead atoms. The number of esters is 1. The van der Waals surface area contributed by atoms with Crippen LogP contribution >= 0.6 is 0 Å². The summed E-state index contributed by atoms with van der Waals surface area (Å²) in [7, 11) is 2.77. The summed E-state index contributed by atoms with van der Waals surface area (Å²) in [6.45, 7) is 1.75. The highest BCUT2D eigenvalue weighted by Gasteiger charge is 2.21. The first-order valence-corrected chi connectivity index (χ1v) is 6.07. The van der Waals surface area contributed by atoms with Crippen LogP contribution in [0, 0.1) is 0 Å². The zero-order valence-corrected chi connectivity index (χ0v) is 11.8. The van der Waals surface area contributed by atoms with E-state index in [0.29, 0.717) is 11.1 Å². The van der Waals surface area contributed by atoms with Crippen molar-refractivity contribution in [1.29, 1.82) is 0 Å². The van der Waals surface area contributed by atoms with Crippen molar-refractivity contribution in [1.82, 2.24) is 5.32 Å². The number of hydrogen-bond donors (Lipinski definition) is 2. The summed E-state index contributed by atoms with van der Waals surface area (Å²) in [5.41, 5.74) is -0.364. The molecule has 0 spiro atoms. The summed E-state index contributed by atoms with van der Waals surface area (Å²) in [6, 6.07) is 6.06. The minimum absolute atomic E-state index is 0.0679. The molecule has 0 fully saturated rings. The summed E-state index contributed by atoms with van der Waals surface area (Å²) in [5, 5.41) is 12.5. The predicted octanol–water partition coefficient (Wildman–Crippen LogP) is 0.600. The number of rotatable bonds is 6. The van der Waals surface area contributed by atoms with Gasteiger partial charge in [0.25, 0.3) is 5.91 Å². The molecule has 6 nitrogen and oxygen atoms in total. The average Bonchev–Trinajstić information content (AvgIpc) is 2.44. The number of methoxy groups -OCH3 is 2. The Morgan fingerprint density at radius 1 is 1.20 bits per heavy atom. The van der Waals surface area contributed by atoms with Gasteiger partial charge in [0, 0.05) is 19.2 Å². The molecule has 0 saturated carbocycles. The van der Waals surface area contributed by atoms with Gasteiger partial charge in [-0.1, -0.05) is 0 Å². The average molecular weight is 281 g/mol. The molecule has 2 N–H and O–H groups in total. The van der Waals surface area contributed by atoms with Gasteiger partial charge in [-0.15, -0.1) is 0 Å². The molecule has 0 unspecified atom stereocenters. The van der Waals surface area contributed by atoms with E-state index in [2.05, 4.69) is 10.1 Å². The fourth-order valence-corrected chi connectivity index (χ4v) is 1.61. The third-order valence-corrected chi connectivity index (χ3v) is 2.65. The molecule has 1 rings (SSSR count). The molecule has 0 saturated heterocycles. The van der Waals surface area contributed by atoms with Crippen molar-refractivity contribution < 1.29 is 24.2 Å². The molecule has 110 valence electrons. The maximum atomic E-state index is 11.9. The molecule has 0 aliphatic rings. The van der Waals surface area contributed by atoms with Crippen LogP contribution in [0.3, 0.4) is 0 Å². The van der Waals surface area contributed by atoms with Crippen LogP contribution in [0.2, 0.25) is 0 Å². The lowest BCUT2D eigenvalue weighted by molar-refractivity contribution is -0.0147. The maximum Gasteiger partial charge on any atom is 0.337 e. The van der Waals surface area contributed by atoms with Crippen molar-refractivity contribution in [2.24, 2.45) is 0 Å². The molecule has 1 amide bonds. The topological polar surface area (TPSA) is 84.9 Å². The van der Waals surface area contributed by atoms with E-state index < -0.39 is 11.6 Å². The smallest absolute Gasteiger partial charge is 0.337 e. The lowest BCUT2D eigenvalue weighted by Crippen LogP contribution is -2.43. The van der Waals surface area contributed by atoms with Gasteiger partial charge in [0.2, 0.25) is 0 Å². The first-order chi connectivity index (χ1) is 9.39. The summed E-state index contributed by atoms with van der Waals surface area (Å²) >= 11 is 0. The number of benzene rings is 1. The normalized spacial score (nSPS) is 13.4. The molecule has 0 aliphatic carbocycles. The maximum absolute atomic E-state index is 11.9. The number of carbonyl (C=O) groups excluding carboxylic acids is 2. The molecule has 0 aromatic heterocycles. The monoisotopic (exact) mass is 281 g/mol. The number of amides is 1. The highest BCUT2D eigenvalue weighted by molar-refractivity contribution is 5.96. The second kappa shape index (κ2) is 7.02. The van der Waals surface area contributed by atoms with Crippen LogP contribution in [0.1, 0.15) is 27.6 Å². The Bertz CT molecular complexity index is 467. The first-order valence-electron chi connectivity index (χ1n) is 6.07. The molecule has 6 heteroatoms. The molecule has 1 aromatic carbocycles. The Labute approximate surface area is 117 Å². The molecule has 0 heterocycles. The molecule has 0 radical (unpaired) electrons.